The molecule has 1 aliphatic rings. The summed E-state index contributed by atoms with van der Waals surface area (Å²) in [6, 6.07) is 7.36. The Hall–Kier alpha value is -1.83. The van der Waals surface area contributed by atoms with Crippen LogP contribution in [0.2, 0.25) is 0 Å². The number of hydrogen-bond donors (Lipinski definition) is 1. The molecule has 0 aliphatic carbocycles. The molecule has 176 valence electrons. The number of hydrogen-bond acceptors (Lipinski definition) is 6. The predicted molar refractivity (Wildman–Crippen MR) is 123 cm³/mol. The minimum absolute atomic E-state index is 0.323. The van der Waals surface area contributed by atoms with Crippen molar-refractivity contribution in [3.8, 4) is 5.75 Å². The summed E-state index contributed by atoms with van der Waals surface area (Å²) < 4.78 is 22.4. The van der Waals surface area contributed by atoms with Crippen LogP contribution in [0.15, 0.2) is 24.3 Å². The van der Waals surface area contributed by atoms with Crippen molar-refractivity contribution in [2.45, 2.75) is 58.5 Å². The lowest BCUT2D eigenvalue weighted by Gasteiger charge is -2.26. The Morgan fingerprint density at radius 1 is 1.00 bits per heavy atom. The van der Waals surface area contributed by atoms with Gasteiger partial charge in [-0.05, 0) is 63.5 Å². The monoisotopic (exact) mass is 436 g/mol. The van der Waals surface area contributed by atoms with Gasteiger partial charge in [0, 0.05) is 18.8 Å². The summed E-state index contributed by atoms with van der Waals surface area (Å²) in [6.45, 7) is 9.63. The Labute approximate surface area is 187 Å². The number of anilines is 1. The molecular formula is C24H40N2O5. The van der Waals surface area contributed by atoms with Crippen LogP contribution in [0.3, 0.4) is 0 Å². The summed E-state index contributed by atoms with van der Waals surface area (Å²) in [6.07, 6.45) is 6.26. The minimum Gasteiger partial charge on any atom is -0.494 e. The van der Waals surface area contributed by atoms with Crippen molar-refractivity contribution in [1.29, 1.82) is 0 Å². The molecule has 1 aromatic rings. The van der Waals surface area contributed by atoms with Gasteiger partial charge in [-0.15, -0.1) is 0 Å². The number of unbranched alkanes of at least 4 members (excludes halogenated alkanes) is 1. The highest BCUT2D eigenvalue weighted by atomic mass is 16.6. The highest BCUT2D eigenvalue weighted by molar-refractivity contribution is 5.84. The number of nitrogens with one attached hydrogen (secondary N) is 1. The Bertz CT molecular complexity index is 588. The van der Waals surface area contributed by atoms with Crippen LogP contribution in [0.25, 0.3) is 0 Å². The highest BCUT2D eigenvalue weighted by Gasteiger charge is 2.20. The van der Waals surface area contributed by atoms with Gasteiger partial charge < -0.3 is 18.9 Å². The summed E-state index contributed by atoms with van der Waals surface area (Å²) in [7, 11) is 0. The van der Waals surface area contributed by atoms with Crippen LogP contribution in [0, 0.1) is 0 Å². The largest absolute Gasteiger partial charge is 0.494 e. The number of carbonyl (C=O) groups is 1. The smallest absolute Gasteiger partial charge is 0.412 e. The van der Waals surface area contributed by atoms with Gasteiger partial charge >= 0.3 is 6.09 Å². The van der Waals surface area contributed by atoms with E-state index in [4.69, 9.17) is 18.9 Å². The first-order chi connectivity index (χ1) is 15.2. The Kier molecular flexibility index (Phi) is 13.0. The third-order valence-corrected chi connectivity index (χ3v) is 5.18. The molecule has 1 aliphatic heterocycles. The predicted octanol–water partition coefficient (Wildman–Crippen LogP) is 4.71. The molecule has 0 aromatic heterocycles. The molecular weight excluding hydrogens is 396 g/mol. The van der Waals surface area contributed by atoms with Gasteiger partial charge in [-0.1, -0.05) is 26.2 Å². The molecule has 1 unspecified atom stereocenters. The van der Waals surface area contributed by atoms with Crippen molar-refractivity contribution in [2.24, 2.45) is 0 Å². The standard InChI is InChI=1S/C24H40N2O5/c1-3-5-16-30-22-12-10-21(11-13-22)25-24(27)31-23(20-29-18-17-28-4-2)19-26-14-8-6-7-9-15-26/h10-13,23H,3-9,14-20H2,1-2H3,(H,25,27). The van der Waals surface area contributed by atoms with Crippen molar-refractivity contribution in [3.63, 3.8) is 0 Å². The maximum Gasteiger partial charge on any atom is 0.412 e. The fourth-order valence-corrected chi connectivity index (χ4v) is 3.48. The van der Waals surface area contributed by atoms with E-state index in [0.717, 1.165) is 31.7 Å². The molecule has 0 spiro atoms. The van der Waals surface area contributed by atoms with Gasteiger partial charge in [-0.25, -0.2) is 4.79 Å². The van der Waals surface area contributed by atoms with Crippen molar-refractivity contribution >= 4 is 11.8 Å². The molecule has 1 heterocycles. The molecule has 7 nitrogen and oxygen atoms in total. The molecule has 0 saturated carbocycles. The third kappa shape index (κ3) is 11.4. The first-order valence-corrected chi connectivity index (χ1v) is 11.8. The van der Waals surface area contributed by atoms with E-state index < -0.39 is 6.09 Å². The Morgan fingerprint density at radius 3 is 2.39 bits per heavy atom. The zero-order valence-electron chi connectivity index (χ0n) is 19.3. The number of nitrogens with zero attached hydrogens (tertiary/aromatic N) is 1. The van der Waals surface area contributed by atoms with E-state index in [2.05, 4.69) is 17.1 Å². The quantitative estimate of drug-likeness (QED) is 0.426. The third-order valence-electron chi connectivity index (χ3n) is 5.18. The summed E-state index contributed by atoms with van der Waals surface area (Å²) in [5.74, 6) is 0.800. The van der Waals surface area contributed by atoms with Gasteiger partial charge in [0.15, 0.2) is 0 Å². The van der Waals surface area contributed by atoms with Crippen molar-refractivity contribution in [1.82, 2.24) is 4.90 Å². The second-order valence-corrected chi connectivity index (χ2v) is 7.87. The molecule has 2 rings (SSSR count). The summed E-state index contributed by atoms with van der Waals surface area (Å²) in [5, 5.41) is 2.81. The zero-order valence-corrected chi connectivity index (χ0v) is 19.3. The minimum atomic E-state index is -0.465. The first kappa shape index (κ1) is 25.4. The fourth-order valence-electron chi connectivity index (χ4n) is 3.48. The van der Waals surface area contributed by atoms with Gasteiger partial charge in [-0.2, -0.15) is 0 Å². The molecule has 7 heteroatoms. The fraction of sp³-hybridized carbons (Fsp3) is 0.708. The van der Waals surface area contributed by atoms with Crippen LogP contribution in [0.1, 0.15) is 52.4 Å². The number of carbonyl (C=O) groups excluding carboxylic acids is 1. The van der Waals surface area contributed by atoms with Crippen LogP contribution in [-0.2, 0) is 14.2 Å². The van der Waals surface area contributed by atoms with Crippen molar-refractivity contribution in [2.75, 3.05) is 58.0 Å². The number of amides is 1. The summed E-state index contributed by atoms with van der Waals surface area (Å²) >= 11 is 0. The molecule has 31 heavy (non-hydrogen) atoms. The van der Waals surface area contributed by atoms with Crippen LogP contribution in [0.4, 0.5) is 10.5 Å². The molecule has 1 N–H and O–H groups in total. The average Bonchev–Trinajstić information content (AvgIpc) is 3.03. The normalized spacial score (nSPS) is 15.8. The molecule has 1 saturated heterocycles. The number of ether oxygens (including phenoxy) is 4. The van der Waals surface area contributed by atoms with Gasteiger partial charge in [0.25, 0.3) is 0 Å². The molecule has 0 radical (unpaired) electrons. The van der Waals surface area contributed by atoms with Crippen LogP contribution in [0.5, 0.6) is 5.75 Å². The molecule has 1 fully saturated rings. The van der Waals surface area contributed by atoms with E-state index in [0.29, 0.717) is 45.3 Å². The SMILES string of the molecule is CCCCOc1ccc(NC(=O)OC(COCCOCC)CN2CCCCCC2)cc1. The van der Waals surface area contributed by atoms with E-state index in [9.17, 15) is 4.79 Å². The van der Waals surface area contributed by atoms with E-state index in [1.54, 1.807) is 0 Å². The summed E-state index contributed by atoms with van der Waals surface area (Å²) in [4.78, 5) is 14.9. The van der Waals surface area contributed by atoms with Gasteiger partial charge in [0.05, 0.1) is 26.4 Å². The number of likely N-dealkylation sites (tertiary alicyclic amines) is 1. The zero-order chi connectivity index (χ0) is 22.2. The average molecular weight is 437 g/mol. The van der Waals surface area contributed by atoms with E-state index in [-0.39, 0.29) is 6.10 Å². The lowest BCUT2D eigenvalue weighted by atomic mass is 10.2. The summed E-state index contributed by atoms with van der Waals surface area (Å²) in [5.41, 5.74) is 0.679. The lowest BCUT2D eigenvalue weighted by molar-refractivity contribution is -0.0109. The second kappa shape index (κ2) is 15.9. The Balaban J connectivity index is 1.83. The van der Waals surface area contributed by atoms with E-state index in [1.165, 1.54) is 25.7 Å². The molecule has 1 aromatic carbocycles. The van der Waals surface area contributed by atoms with E-state index in [1.807, 2.05) is 31.2 Å². The van der Waals surface area contributed by atoms with Gasteiger partial charge in [0.2, 0.25) is 0 Å². The first-order valence-electron chi connectivity index (χ1n) is 11.8. The Morgan fingerprint density at radius 2 is 1.71 bits per heavy atom. The van der Waals surface area contributed by atoms with Crippen molar-refractivity contribution in [3.05, 3.63) is 24.3 Å². The van der Waals surface area contributed by atoms with Crippen LogP contribution >= 0.6 is 0 Å². The lowest BCUT2D eigenvalue weighted by Crippen LogP contribution is -2.39. The second-order valence-electron chi connectivity index (χ2n) is 7.87. The van der Waals surface area contributed by atoms with Gasteiger partial charge in [-0.3, -0.25) is 10.2 Å². The van der Waals surface area contributed by atoms with Crippen molar-refractivity contribution < 1.29 is 23.7 Å². The topological polar surface area (TPSA) is 69.3 Å². The van der Waals surface area contributed by atoms with E-state index >= 15 is 0 Å². The highest BCUT2D eigenvalue weighted by Crippen LogP contribution is 2.17. The number of rotatable bonds is 14. The molecule has 1 atom stereocenters. The van der Waals surface area contributed by atoms with Gasteiger partial charge in [0.1, 0.15) is 11.9 Å². The molecule has 1 amide bonds. The maximum atomic E-state index is 12.5. The molecule has 0 bridgehead atoms. The van der Waals surface area contributed by atoms with Crippen LogP contribution < -0.4 is 10.1 Å². The van der Waals surface area contributed by atoms with Crippen LogP contribution in [-0.4, -0.2) is 69.8 Å². The number of benzene rings is 1. The maximum absolute atomic E-state index is 12.5.